The number of Topliss-reactive ketones (excluding diaryl/α,β-unsaturated/α-hetero) is 1. The van der Waals surface area contributed by atoms with Gasteiger partial charge in [-0.15, -0.1) is 0 Å². The normalized spacial score (nSPS) is 18.8. The minimum atomic E-state index is -0.371. The Morgan fingerprint density at radius 2 is 1.72 bits per heavy atom. The Labute approximate surface area is 115 Å². The number of aliphatic imine (C=N–C) groups is 1. The topological polar surface area (TPSA) is 32.7 Å². The lowest BCUT2D eigenvalue weighted by atomic mass is 10.1. The van der Waals surface area contributed by atoms with Gasteiger partial charge in [-0.2, -0.15) is 0 Å². The Morgan fingerprint density at radius 1 is 1.17 bits per heavy atom. The van der Waals surface area contributed by atoms with Crippen molar-refractivity contribution in [3.05, 3.63) is 58.5 Å². The smallest absolute Gasteiger partial charge is 0.215 e. The summed E-state index contributed by atoms with van der Waals surface area (Å²) in [5.41, 5.74) is 1.50. The average molecular weight is 281 g/mol. The third kappa shape index (κ3) is 3.00. The van der Waals surface area contributed by atoms with E-state index in [1.54, 1.807) is 6.20 Å². The molecule has 0 saturated heterocycles. The molecule has 0 radical (unpaired) electrons. The zero-order valence-electron chi connectivity index (χ0n) is 9.60. The molecular weight excluding hydrogens is 271 g/mol. The quantitative estimate of drug-likeness (QED) is 0.692. The summed E-state index contributed by atoms with van der Waals surface area (Å²) in [6, 6.07) is 0. The molecule has 0 amide bonds. The molecule has 5 heteroatoms. The van der Waals surface area contributed by atoms with Gasteiger partial charge in [0.25, 0.3) is 0 Å². The van der Waals surface area contributed by atoms with Crippen LogP contribution in [0, 0.1) is 0 Å². The lowest BCUT2D eigenvalue weighted by Gasteiger charge is -2.11. The summed E-state index contributed by atoms with van der Waals surface area (Å²) in [4.78, 5) is 17.5. The number of ketones is 1. The van der Waals surface area contributed by atoms with Gasteiger partial charge >= 0.3 is 0 Å². The Hall–Kier alpha value is -1.58. The number of carbonyl (C=O) groups is 1. The van der Waals surface area contributed by atoms with Crippen molar-refractivity contribution in [2.45, 2.75) is 0 Å². The minimum Gasteiger partial charge on any atom is -0.357 e. The van der Waals surface area contributed by atoms with E-state index in [9.17, 15) is 4.79 Å². The minimum absolute atomic E-state index is 0.0779. The number of rotatable bonds is 1. The summed E-state index contributed by atoms with van der Waals surface area (Å²) in [7, 11) is 1.94. The van der Waals surface area contributed by atoms with Crippen molar-refractivity contribution in [1.82, 2.24) is 4.90 Å². The molecule has 0 spiro atoms. The zero-order valence-corrected chi connectivity index (χ0v) is 11.1. The molecule has 18 heavy (non-hydrogen) atoms. The fourth-order valence-electron chi connectivity index (χ4n) is 1.37. The molecule has 1 heterocycles. The van der Waals surface area contributed by atoms with Crippen molar-refractivity contribution in [2.75, 3.05) is 7.05 Å². The fourth-order valence-corrected chi connectivity index (χ4v) is 1.84. The van der Waals surface area contributed by atoms with Crippen molar-refractivity contribution in [2.24, 2.45) is 4.99 Å². The van der Waals surface area contributed by atoms with Crippen molar-refractivity contribution in [3.8, 4) is 0 Å². The van der Waals surface area contributed by atoms with Crippen LogP contribution in [0.2, 0.25) is 0 Å². The Kier molecular flexibility index (Phi) is 3.84. The first-order valence-corrected chi connectivity index (χ1v) is 5.97. The zero-order chi connectivity index (χ0) is 13.1. The predicted molar refractivity (Wildman–Crippen MR) is 74.4 cm³/mol. The van der Waals surface area contributed by atoms with Crippen LogP contribution in [0.1, 0.15) is 0 Å². The lowest BCUT2D eigenvalue weighted by molar-refractivity contribution is -0.111. The number of allylic oxidation sites excluding steroid dienone is 7. The third-order valence-electron chi connectivity index (χ3n) is 2.35. The van der Waals surface area contributed by atoms with Crippen LogP contribution >= 0.6 is 23.2 Å². The maximum absolute atomic E-state index is 11.3. The lowest BCUT2D eigenvalue weighted by Crippen LogP contribution is -2.07. The SMILES string of the molecule is CN1C=CC(=CN=C2C=C(Cl)C(=O)C(Cl)=C2)C=C1. The molecule has 0 aromatic carbocycles. The second kappa shape index (κ2) is 5.38. The van der Waals surface area contributed by atoms with Gasteiger partial charge in [-0.3, -0.25) is 9.79 Å². The summed E-state index contributed by atoms with van der Waals surface area (Å²) in [6.07, 6.45) is 12.4. The molecule has 2 aliphatic rings. The number of halogens is 2. The van der Waals surface area contributed by atoms with Crippen LogP contribution in [-0.4, -0.2) is 23.4 Å². The summed E-state index contributed by atoms with van der Waals surface area (Å²) in [5, 5.41) is 0.156. The second-order valence-electron chi connectivity index (χ2n) is 3.79. The van der Waals surface area contributed by atoms with Gasteiger partial charge in [-0.05, 0) is 29.9 Å². The van der Waals surface area contributed by atoms with Gasteiger partial charge in [0, 0.05) is 25.6 Å². The first-order valence-electron chi connectivity index (χ1n) is 5.21. The molecule has 0 atom stereocenters. The maximum atomic E-state index is 11.3. The van der Waals surface area contributed by atoms with E-state index < -0.39 is 0 Å². The Bertz CT molecular complexity index is 526. The summed E-state index contributed by atoms with van der Waals surface area (Å²) in [6.45, 7) is 0. The van der Waals surface area contributed by atoms with Gasteiger partial charge in [-0.25, -0.2) is 0 Å². The Balaban J connectivity index is 2.21. The Morgan fingerprint density at radius 3 is 2.28 bits per heavy atom. The van der Waals surface area contributed by atoms with Crippen LogP contribution < -0.4 is 0 Å². The van der Waals surface area contributed by atoms with Crippen molar-refractivity contribution in [3.63, 3.8) is 0 Å². The van der Waals surface area contributed by atoms with Crippen LogP contribution in [0.25, 0.3) is 0 Å². The van der Waals surface area contributed by atoms with E-state index in [2.05, 4.69) is 4.99 Å². The second-order valence-corrected chi connectivity index (χ2v) is 4.61. The van der Waals surface area contributed by atoms with E-state index in [0.29, 0.717) is 5.71 Å². The van der Waals surface area contributed by atoms with Gasteiger partial charge in [0.15, 0.2) is 0 Å². The van der Waals surface area contributed by atoms with Gasteiger partial charge in [0.1, 0.15) is 0 Å². The van der Waals surface area contributed by atoms with Crippen LogP contribution in [0.4, 0.5) is 0 Å². The molecule has 3 nitrogen and oxygen atoms in total. The van der Waals surface area contributed by atoms with E-state index in [4.69, 9.17) is 23.2 Å². The molecular formula is C13H10Cl2N2O. The molecule has 0 bridgehead atoms. The molecule has 2 rings (SSSR count). The monoisotopic (exact) mass is 280 g/mol. The van der Waals surface area contributed by atoms with Crippen LogP contribution in [0.5, 0.6) is 0 Å². The largest absolute Gasteiger partial charge is 0.357 e. The van der Waals surface area contributed by atoms with E-state index in [0.717, 1.165) is 5.57 Å². The van der Waals surface area contributed by atoms with Crippen molar-refractivity contribution >= 4 is 34.7 Å². The molecule has 0 aromatic heterocycles. The van der Waals surface area contributed by atoms with E-state index >= 15 is 0 Å². The number of hydrogen-bond donors (Lipinski definition) is 0. The maximum Gasteiger partial charge on any atom is 0.215 e. The highest BCUT2D eigenvalue weighted by molar-refractivity contribution is 6.57. The molecule has 1 aliphatic carbocycles. The average Bonchev–Trinajstić information content (AvgIpc) is 2.35. The van der Waals surface area contributed by atoms with E-state index in [-0.39, 0.29) is 15.8 Å². The van der Waals surface area contributed by atoms with E-state index in [1.165, 1.54) is 12.2 Å². The highest BCUT2D eigenvalue weighted by atomic mass is 35.5. The molecule has 0 fully saturated rings. The molecule has 0 N–H and O–H groups in total. The van der Waals surface area contributed by atoms with Crippen LogP contribution in [0.15, 0.2) is 63.5 Å². The highest BCUT2D eigenvalue weighted by Crippen LogP contribution is 2.19. The van der Waals surface area contributed by atoms with Gasteiger partial charge in [0.05, 0.1) is 15.8 Å². The number of nitrogens with zero attached hydrogens (tertiary/aromatic N) is 2. The molecule has 0 saturated carbocycles. The standard InChI is InChI=1S/C13H10Cl2N2O/c1-17-4-2-9(3-5-17)8-16-10-6-11(14)13(18)12(15)7-10/h2-8H,1H3. The van der Waals surface area contributed by atoms with Crippen molar-refractivity contribution < 1.29 is 4.79 Å². The van der Waals surface area contributed by atoms with Crippen LogP contribution in [0.3, 0.4) is 0 Å². The number of carbonyl (C=O) groups excluding carboxylic acids is 1. The first kappa shape index (κ1) is 12.9. The summed E-state index contributed by atoms with van der Waals surface area (Å²) < 4.78 is 0. The van der Waals surface area contributed by atoms with Gasteiger partial charge in [0.2, 0.25) is 5.78 Å². The van der Waals surface area contributed by atoms with Gasteiger partial charge in [-0.1, -0.05) is 23.2 Å². The summed E-state index contributed by atoms with van der Waals surface area (Å²) in [5.74, 6) is -0.371. The van der Waals surface area contributed by atoms with Crippen LogP contribution in [-0.2, 0) is 4.79 Å². The molecule has 0 unspecified atom stereocenters. The first-order chi connectivity index (χ1) is 8.56. The third-order valence-corrected chi connectivity index (χ3v) is 2.91. The molecule has 92 valence electrons. The molecule has 0 aromatic rings. The van der Waals surface area contributed by atoms with E-state index in [1.807, 2.05) is 36.5 Å². The van der Waals surface area contributed by atoms with Gasteiger partial charge < -0.3 is 4.90 Å². The highest BCUT2D eigenvalue weighted by Gasteiger charge is 2.16. The fraction of sp³-hybridized carbons (Fsp3) is 0.0769. The summed E-state index contributed by atoms with van der Waals surface area (Å²) >= 11 is 11.5. The molecule has 1 aliphatic heterocycles. The van der Waals surface area contributed by atoms with Crippen molar-refractivity contribution in [1.29, 1.82) is 0 Å². The predicted octanol–water partition coefficient (Wildman–Crippen LogP) is 3.11. The number of hydrogen-bond acceptors (Lipinski definition) is 3.